The molecule has 1 fully saturated rings. The zero-order valence-electron chi connectivity index (χ0n) is 14.7. The first kappa shape index (κ1) is 16.6. The summed E-state index contributed by atoms with van der Waals surface area (Å²) in [7, 11) is 0. The van der Waals surface area contributed by atoms with Crippen molar-refractivity contribution < 1.29 is 4.79 Å². The van der Waals surface area contributed by atoms with Crippen LogP contribution in [0.2, 0.25) is 0 Å². The van der Waals surface area contributed by atoms with Crippen molar-refractivity contribution in [3.05, 3.63) is 46.2 Å². The minimum atomic E-state index is 0.0807. The second kappa shape index (κ2) is 7.18. The Bertz CT molecular complexity index is 751. The molecule has 5 heteroatoms. The molecule has 4 rings (SSSR count). The van der Waals surface area contributed by atoms with Gasteiger partial charge in [0, 0.05) is 30.6 Å². The third-order valence-corrected chi connectivity index (χ3v) is 6.37. The van der Waals surface area contributed by atoms with E-state index in [4.69, 9.17) is 0 Å². The van der Waals surface area contributed by atoms with Crippen molar-refractivity contribution >= 4 is 28.6 Å². The molecule has 0 spiro atoms. The molecule has 2 aliphatic heterocycles. The second-order valence-electron chi connectivity index (χ2n) is 6.96. The minimum Gasteiger partial charge on any atom is -0.370 e. The smallest absolute Gasteiger partial charge is 0.238 e. The molecule has 0 saturated carbocycles. The van der Waals surface area contributed by atoms with E-state index in [9.17, 15) is 4.79 Å². The Kier molecular flexibility index (Phi) is 4.77. The van der Waals surface area contributed by atoms with Crippen molar-refractivity contribution in [2.75, 3.05) is 36.4 Å². The topological polar surface area (TPSA) is 35.6 Å². The van der Waals surface area contributed by atoms with Crippen LogP contribution in [0.5, 0.6) is 0 Å². The first-order chi connectivity index (χ1) is 12.2. The standard InChI is InChI=1S/C20H25N3OS/c1-15-16-9-13-25-19(16)8-12-23(15)14-20(24)21-17-6-2-3-7-18(17)22-10-4-5-11-22/h2-3,6-7,9,13,15H,4-5,8,10-12,14H2,1H3,(H,21,24). The van der Waals surface area contributed by atoms with Gasteiger partial charge in [0.05, 0.1) is 17.9 Å². The summed E-state index contributed by atoms with van der Waals surface area (Å²) in [5.74, 6) is 0.0807. The summed E-state index contributed by atoms with van der Waals surface area (Å²) < 4.78 is 0. The second-order valence-corrected chi connectivity index (χ2v) is 7.96. The van der Waals surface area contributed by atoms with Gasteiger partial charge in [0.15, 0.2) is 0 Å². The van der Waals surface area contributed by atoms with Crippen molar-refractivity contribution in [1.29, 1.82) is 0 Å². The third kappa shape index (κ3) is 3.44. The number of hydrogen-bond donors (Lipinski definition) is 1. The van der Waals surface area contributed by atoms with Crippen molar-refractivity contribution in [1.82, 2.24) is 4.90 Å². The van der Waals surface area contributed by atoms with Gasteiger partial charge in [-0.2, -0.15) is 0 Å². The zero-order valence-corrected chi connectivity index (χ0v) is 15.5. The average Bonchev–Trinajstić information content (AvgIpc) is 3.29. The first-order valence-electron chi connectivity index (χ1n) is 9.16. The lowest BCUT2D eigenvalue weighted by Gasteiger charge is -2.33. The van der Waals surface area contributed by atoms with Gasteiger partial charge in [-0.25, -0.2) is 0 Å². The predicted octanol–water partition coefficient (Wildman–Crippen LogP) is 3.91. The molecule has 2 aromatic rings. The van der Waals surface area contributed by atoms with Crippen LogP contribution in [0.25, 0.3) is 0 Å². The van der Waals surface area contributed by atoms with Crippen LogP contribution in [-0.4, -0.2) is 37.0 Å². The summed E-state index contributed by atoms with van der Waals surface area (Å²) in [5, 5.41) is 5.32. The van der Waals surface area contributed by atoms with E-state index in [0.717, 1.165) is 37.4 Å². The minimum absolute atomic E-state index is 0.0807. The van der Waals surface area contributed by atoms with Crippen LogP contribution in [0.1, 0.15) is 36.2 Å². The number of carbonyl (C=O) groups is 1. The number of rotatable bonds is 4. The van der Waals surface area contributed by atoms with Gasteiger partial charge >= 0.3 is 0 Å². The number of thiophene rings is 1. The molecular weight excluding hydrogens is 330 g/mol. The molecule has 0 radical (unpaired) electrons. The summed E-state index contributed by atoms with van der Waals surface area (Å²) in [5.41, 5.74) is 3.48. The van der Waals surface area contributed by atoms with Gasteiger partial charge < -0.3 is 10.2 Å². The number of hydrogen-bond acceptors (Lipinski definition) is 4. The third-order valence-electron chi connectivity index (χ3n) is 5.38. The fourth-order valence-electron chi connectivity index (χ4n) is 3.96. The molecule has 1 saturated heterocycles. The van der Waals surface area contributed by atoms with E-state index in [1.54, 1.807) is 0 Å². The lowest BCUT2D eigenvalue weighted by Crippen LogP contribution is -2.39. The van der Waals surface area contributed by atoms with Crippen LogP contribution in [0.4, 0.5) is 11.4 Å². The number of nitrogens with one attached hydrogen (secondary N) is 1. The molecule has 1 aromatic heterocycles. The van der Waals surface area contributed by atoms with E-state index in [1.807, 2.05) is 29.5 Å². The summed E-state index contributed by atoms with van der Waals surface area (Å²) in [6.45, 7) is 5.77. The highest BCUT2D eigenvalue weighted by atomic mass is 32.1. The summed E-state index contributed by atoms with van der Waals surface area (Å²) >= 11 is 1.84. The van der Waals surface area contributed by atoms with E-state index in [-0.39, 0.29) is 5.91 Å². The number of benzene rings is 1. The molecule has 1 N–H and O–H groups in total. The molecular formula is C20H25N3OS. The fraction of sp³-hybridized carbons (Fsp3) is 0.450. The van der Waals surface area contributed by atoms with E-state index < -0.39 is 0 Å². The molecule has 1 aromatic carbocycles. The van der Waals surface area contributed by atoms with Gasteiger partial charge in [0.25, 0.3) is 0 Å². The normalized spacial score (nSPS) is 20.5. The van der Waals surface area contributed by atoms with Crippen LogP contribution in [-0.2, 0) is 11.2 Å². The Labute approximate surface area is 153 Å². The number of fused-ring (bicyclic) bond motifs is 1. The molecule has 25 heavy (non-hydrogen) atoms. The number of anilines is 2. The maximum atomic E-state index is 12.7. The average molecular weight is 356 g/mol. The van der Waals surface area contributed by atoms with E-state index in [1.165, 1.54) is 23.3 Å². The van der Waals surface area contributed by atoms with Gasteiger partial charge in [-0.3, -0.25) is 9.69 Å². The van der Waals surface area contributed by atoms with Crippen LogP contribution >= 0.6 is 11.3 Å². The molecule has 4 nitrogen and oxygen atoms in total. The van der Waals surface area contributed by atoms with Crippen molar-refractivity contribution in [2.24, 2.45) is 0 Å². The maximum Gasteiger partial charge on any atom is 0.238 e. The van der Waals surface area contributed by atoms with E-state index >= 15 is 0 Å². The molecule has 3 heterocycles. The highest BCUT2D eigenvalue weighted by Gasteiger charge is 2.26. The highest BCUT2D eigenvalue weighted by Crippen LogP contribution is 2.33. The van der Waals surface area contributed by atoms with Crippen molar-refractivity contribution in [2.45, 2.75) is 32.2 Å². The lowest BCUT2D eigenvalue weighted by atomic mass is 10.0. The Hall–Kier alpha value is -1.85. The Balaban J connectivity index is 1.43. The van der Waals surface area contributed by atoms with Gasteiger partial charge in [0.1, 0.15) is 0 Å². The van der Waals surface area contributed by atoms with Crippen LogP contribution in [0.3, 0.4) is 0 Å². The molecule has 2 aliphatic rings. The molecule has 0 bridgehead atoms. The van der Waals surface area contributed by atoms with Gasteiger partial charge in [-0.15, -0.1) is 11.3 Å². The predicted molar refractivity (Wildman–Crippen MR) is 105 cm³/mol. The zero-order chi connectivity index (χ0) is 17.2. The number of para-hydroxylation sites is 2. The fourth-order valence-corrected chi connectivity index (χ4v) is 4.93. The lowest BCUT2D eigenvalue weighted by molar-refractivity contribution is -0.117. The summed E-state index contributed by atoms with van der Waals surface area (Å²) in [6, 6.07) is 10.7. The Morgan fingerprint density at radius 3 is 2.84 bits per heavy atom. The van der Waals surface area contributed by atoms with Crippen molar-refractivity contribution in [3.63, 3.8) is 0 Å². The van der Waals surface area contributed by atoms with Crippen LogP contribution in [0, 0.1) is 0 Å². The monoisotopic (exact) mass is 355 g/mol. The SMILES string of the molecule is CC1c2ccsc2CCN1CC(=O)Nc1ccccc1N1CCCC1. The quantitative estimate of drug-likeness (QED) is 0.903. The maximum absolute atomic E-state index is 12.7. The molecule has 1 unspecified atom stereocenters. The van der Waals surface area contributed by atoms with E-state index in [2.05, 4.69) is 39.6 Å². The molecule has 132 valence electrons. The molecule has 0 aliphatic carbocycles. The van der Waals surface area contributed by atoms with Gasteiger partial charge in [0.2, 0.25) is 5.91 Å². The van der Waals surface area contributed by atoms with Crippen LogP contribution < -0.4 is 10.2 Å². The molecule has 1 amide bonds. The highest BCUT2D eigenvalue weighted by molar-refractivity contribution is 7.10. The summed E-state index contributed by atoms with van der Waals surface area (Å²) in [4.78, 5) is 18.8. The Morgan fingerprint density at radius 2 is 2.00 bits per heavy atom. The van der Waals surface area contributed by atoms with Gasteiger partial charge in [-0.05, 0) is 55.3 Å². The molecule has 1 atom stereocenters. The van der Waals surface area contributed by atoms with Crippen LogP contribution in [0.15, 0.2) is 35.7 Å². The summed E-state index contributed by atoms with van der Waals surface area (Å²) in [6.07, 6.45) is 3.52. The van der Waals surface area contributed by atoms with Gasteiger partial charge in [-0.1, -0.05) is 12.1 Å². The van der Waals surface area contributed by atoms with E-state index in [0.29, 0.717) is 12.6 Å². The van der Waals surface area contributed by atoms with Crippen molar-refractivity contribution in [3.8, 4) is 0 Å². The number of amides is 1. The number of nitrogens with zero attached hydrogens (tertiary/aromatic N) is 2. The largest absolute Gasteiger partial charge is 0.370 e. The number of carbonyl (C=O) groups excluding carboxylic acids is 1. The Morgan fingerprint density at radius 1 is 1.20 bits per heavy atom. The first-order valence-corrected chi connectivity index (χ1v) is 10.0.